The highest BCUT2D eigenvalue weighted by Crippen LogP contribution is 2.26. The lowest BCUT2D eigenvalue weighted by molar-refractivity contribution is 0.0101. The van der Waals surface area contributed by atoms with Gasteiger partial charge >= 0.3 is 0 Å². The van der Waals surface area contributed by atoms with Crippen LogP contribution in [0.1, 0.15) is 6.42 Å². The van der Waals surface area contributed by atoms with E-state index in [1.165, 1.54) is 4.31 Å². The summed E-state index contributed by atoms with van der Waals surface area (Å²) < 4.78 is 30.6. The average molecular weight is 220 g/mol. The zero-order valence-electron chi connectivity index (χ0n) is 8.51. The molecule has 2 saturated heterocycles. The fraction of sp³-hybridized carbons (Fsp3) is 1.00. The molecular weight excluding hydrogens is 204 g/mol. The lowest BCUT2D eigenvalue weighted by atomic mass is 10.1. The Balaban J connectivity index is 2.30. The van der Waals surface area contributed by atoms with Gasteiger partial charge in [-0.1, -0.05) is 0 Å². The lowest BCUT2D eigenvalue weighted by Gasteiger charge is -2.44. The van der Waals surface area contributed by atoms with E-state index >= 15 is 0 Å². The second-order valence-corrected chi connectivity index (χ2v) is 6.27. The Morgan fingerprint density at radius 3 is 2.79 bits per heavy atom. The van der Waals surface area contributed by atoms with Crippen molar-refractivity contribution >= 4 is 10.0 Å². The minimum Gasteiger partial charge on any atom is -0.380 e. The van der Waals surface area contributed by atoms with Crippen molar-refractivity contribution in [3.05, 3.63) is 0 Å². The number of fused-ring (bicyclic) bond motifs is 1. The van der Waals surface area contributed by atoms with Crippen LogP contribution in [-0.2, 0) is 14.8 Å². The Labute approximate surface area is 84.7 Å². The zero-order chi connectivity index (χ0) is 10.3. The first-order chi connectivity index (χ1) is 6.53. The van der Waals surface area contributed by atoms with Crippen molar-refractivity contribution in [1.82, 2.24) is 9.21 Å². The summed E-state index contributed by atoms with van der Waals surface area (Å²) in [6.45, 7) is 1.56. The molecular formula is C8H16N2O3S. The average Bonchev–Trinajstić information content (AvgIpc) is 2.16. The maximum absolute atomic E-state index is 11.9. The predicted octanol–water partition coefficient (Wildman–Crippen LogP) is -0.692. The van der Waals surface area contributed by atoms with Gasteiger partial charge in [-0.15, -0.1) is 0 Å². The summed E-state index contributed by atoms with van der Waals surface area (Å²) >= 11 is 0. The molecule has 0 saturated carbocycles. The van der Waals surface area contributed by atoms with Crippen molar-refractivity contribution in [3.8, 4) is 0 Å². The summed E-state index contributed by atoms with van der Waals surface area (Å²) in [5.74, 6) is 0. The van der Waals surface area contributed by atoms with Gasteiger partial charge in [0.05, 0.1) is 24.6 Å². The van der Waals surface area contributed by atoms with E-state index in [2.05, 4.69) is 0 Å². The van der Waals surface area contributed by atoms with Gasteiger partial charge < -0.3 is 4.74 Å². The van der Waals surface area contributed by atoms with E-state index < -0.39 is 10.0 Å². The van der Waals surface area contributed by atoms with Crippen LogP contribution in [0.2, 0.25) is 0 Å². The maximum atomic E-state index is 11.9. The van der Waals surface area contributed by atoms with E-state index in [1.807, 2.05) is 11.9 Å². The molecule has 0 aromatic heterocycles. The van der Waals surface area contributed by atoms with Crippen LogP contribution in [0, 0.1) is 0 Å². The Hall–Kier alpha value is -0.170. The molecule has 2 unspecified atom stereocenters. The minimum absolute atomic E-state index is 0.0324. The third-order valence-corrected chi connectivity index (χ3v) is 5.37. The molecule has 0 aliphatic carbocycles. The lowest BCUT2D eigenvalue weighted by Crippen LogP contribution is -2.61. The number of rotatable bonds is 0. The molecule has 6 heteroatoms. The molecule has 0 aromatic carbocycles. The topological polar surface area (TPSA) is 49.9 Å². The van der Waals surface area contributed by atoms with Crippen LogP contribution in [0.3, 0.4) is 0 Å². The van der Waals surface area contributed by atoms with Crippen LogP contribution < -0.4 is 0 Å². The highest BCUT2D eigenvalue weighted by atomic mass is 32.2. The minimum atomic E-state index is -3.08. The molecule has 2 rings (SSSR count). The second kappa shape index (κ2) is 3.44. The summed E-state index contributed by atoms with van der Waals surface area (Å²) in [7, 11) is 0.495. The molecule has 2 atom stereocenters. The van der Waals surface area contributed by atoms with Crippen molar-refractivity contribution in [2.45, 2.75) is 17.7 Å². The zero-order valence-corrected chi connectivity index (χ0v) is 9.33. The van der Waals surface area contributed by atoms with E-state index in [-0.39, 0.29) is 11.3 Å². The highest BCUT2D eigenvalue weighted by molar-refractivity contribution is 7.89. The SMILES string of the molecule is CN1CN(C)S(=O)(=O)C2CCOCC21. The number of sulfonamides is 1. The normalized spacial score (nSPS) is 39.3. The first-order valence-electron chi connectivity index (χ1n) is 4.76. The number of likely N-dealkylation sites (N-methyl/N-ethyl adjacent to an activating group) is 1. The molecule has 0 radical (unpaired) electrons. The van der Waals surface area contributed by atoms with Gasteiger partial charge in [0.2, 0.25) is 10.0 Å². The predicted molar refractivity (Wildman–Crippen MR) is 52.3 cm³/mol. The molecule has 0 N–H and O–H groups in total. The summed E-state index contributed by atoms with van der Waals surface area (Å²) in [5, 5.41) is -0.278. The standard InChI is InChI=1S/C8H16N2O3S/c1-9-6-10(2)14(11,12)8-3-4-13-5-7(8)9/h7-8H,3-6H2,1-2H3. The van der Waals surface area contributed by atoms with Gasteiger partial charge in [0.25, 0.3) is 0 Å². The molecule has 0 spiro atoms. The summed E-state index contributed by atoms with van der Waals surface area (Å²) in [4.78, 5) is 2.05. The van der Waals surface area contributed by atoms with Crippen LogP contribution in [0.4, 0.5) is 0 Å². The fourth-order valence-electron chi connectivity index (χ4n) is 2.19. The van der Waals surface area contributed by atoms with E-state index in [0.717, 1.165) is 0 Å². The number of ether oxygens (including phenoxy) is 1. The van der Waals surface area contributed by atoms with E-state index in [1.54, 1.807) is 7.05 Å². The van der Waals surface area contributed by atoms with E-state index in [0.29, 0.717) is 26.3 Å². The molecule has 5 nitrogen and oxygen atoms in total. The maximum Gasteiger partial charge on any atom is 0.219 e. The molecule has 82 valence electrons. The van der Waals surface area contributed by atoms with Crippen molar-refractivity contribution in [1.29, 1.82) is 0 Å². The van der Waals surface area contributed by atoms with E-state index in [9.17, 15) is 8.42 Å². The summed E-state index contributed by atoms with van der Waals surface area (Å²) in [5.41, 5.74) is 0. The van der Waals surface area contributed by atoms with Gasteiger partial charge in [-0.05, 0) is 13.5 Å². The van der Waals surface area contributed by atoms with Gasteiger partial charge in [0, 0.05) is 13.7 Å². The molecule has 14 heavy (non-hydrogen) atoms. The van der Waals surface area contributed by atoms with Gasteiger partial charge in [0.1, 0.15) is 0 Å². The third kappa shape index (κ3) is 1.46. The summed E-state index contributed by atoms with van der Waals surface area (Å²) in [6, 6.07) is 0.0324. The van der Waals surface area contributed by atoms with Crippen LogP contribution in [0.5, 0.6) is 0 Å². The Morgan fingerprint density at radius 1 is 1.36 bits per heavy atom. The molecule has 2 aliphatic rings. The van der Waals surface area contributed by atoms with Gasteiger partial charge in [-0.25, -0.2) is 8.42 Å². The molecule has 0 aromatic rings. The molecule has 0 bridgehead atoms. The van der Waals surface area contributed by atoms with Crippen LogP contribution >= 0.6 is 0 Å². The van der Waals surface area contributed by atoms with E-state index in [4.69, 9.17) is 4.74 Å². The smallest absolute Gasteiger partial charge is 0.219 e. The van der Waals surface area contributed by atoms with Crippen molar-refractivity contribution in [3.63, 3.8) is 0 Å². The van der Waals surface area contributed by atoms with Crippen LogP contribution in [0.15, 0.2) is 0 Å². The molecule has 0 amide bonds. The first kappa shape index (κ1) is 10.4. The van der Waals surface area contributed by atoms with Gasteiger partial charge in [0.15, 0.2) is 0 Å². The van der Waals surface area contributed by atoms with Crippen LogP contribution in [0.25, 0.3) is 0 Å². The van der Waals surface area contributed by atoms with Crippen molar-refractivity contribution in [2.24, 2.45) is 0 Å². The van der Waals surface area contributed by atoms with Crippen molar-refractivity contribution < 1.29 is 13.2 Å². The molecule has 2 aliphatic heterocycles. The fourth-order valence-corrected chi connectivity index (χ4v) is 4.08. The number of hydrogen-bond acceptors (Lipinski definition) is 4. The quantitative estimate of drug-likeness (QED) is 0.542. The monoisotopic (exact) mass is 220 g/mol. The molecule has 2 fully saturated rings. The third-order valence-electron chi connectivity index (χ3n) is 3.07. The highest BCUT2D eigenvalue weighted by Gasteiger charge is 2.44. The van der Waals surface area contributed by atoms with Gasteiger partial charge in [-0.3, -0.25) is 4.90 Å². The second-order valence-electron chi connectivity index (χ2n) is 4.01. The number of hydrogen-bond donors (Lipinski definition) is 0. The Kier molecular flexibility index (Phi) is 2.55. The summed E-state index contributed by atoms with van der Waals surface area (Å²) in [6.07, 6.45) is 0.613. The Bertz CT molecular complexity index is 317. The first-order valence-corrected chi connectivity index (χ1v) is 6.27. The largest absolute Gasteiger partial charge is 0.380 e. The van der Waals surface area contributed by atoms with Gasteiger partial charge in [-0.2, -0.15) is 4.31 Å². The number of nitrogens with zero attached hydrogens (tertiary/aromatic N) is 2. The van der Waals surface area contributed by atoms with Crippen molar-refractivity contribution in [2.75, 3.05) is 34.0 Å². The molecule has 2 heterocycles. The Morgan fingerprint density at radius 2 is 2.07 bits per heavy atom. The van der Waals surface area contributed by atoms with Crippen LogP contribution in [-0.4, -0.2) is 62.9 Å².